The Kier molecular flexibility index (Phi) is 3.82. The summed E-state index contributed by atoms with van der Waals surface area (Å²) in [6, 6.07) is 6.59. The minimum Gasteiger partial charge on any atom is -0.385 e. The van der Waals surface area contributed by atoms with Crippen molar-refractivity contribution in [2.24, 2.45) is 11.8 Å². The van der Waals surface area contributed by atoms with E-state index in [0.29, 0.717) is 11.8 Å². The van der Waals surface area contributed by atoms with Crippen LogP contribution in [0.3, 0.4) is 0 Å². The lowest BCUT2D eigenvalue weighted by Gasteiger charge is -2.25. The molecule has 2 heteroatoms. The molecule has 2 atom stereocenters. The van der Waals surface area contributed by atoms with Gasteiger partial charge in [0.05, 0.1) is 0 Å². The Balaban J connectivity index is 1.86. The molecule has 0 saturated heterocycles. The molecule has 0 bridgehead atoms. The number of hydrogen-bond donors (Lipinski definition) is 1. The van der Waals surface area contributed by atoms with E-state index in [0.717, 1.165) is 12.2 Å². The van der Waals surface area contributed by atoms with E-state index in [1.807, 2.05) is 0 Å². The zero-order chi connectivity index (χ0) is 12.3. The SMILES string of the molecule is CC1=CC(C)CC(CNc2ccc(F)cc2)C1. The Labute approximate surface area is 103 Å². The predicted octanol–water partition coefficient (Wildman–Crippen LogP) is 4.23. The maximum Gasteiger partial charge on any atom is 0.123 e. The van der Waals surface area contributed by atoms with E-state index in [1.54, 1.807) is 12.1 Å². The number of halogens is 1. The molecule has 0 aromatic heterocycles. The van der Waals surface area contributed by atoms with E-state index < -0.39 is 0 Å². The van der Waals surface area contributed by atoms with Gasteiger partial charge in [-0.25, -0.2) is 4.39 Å². The fourth-order valence-electron chi connectivity index (χ4n) is 2.67. The molecule has 1 nitrogen and oxygen atoms in total. The summed E-state index contributed by atoms with van der Waals surface area (Å²) in [5, 5.41) is 3.39. The molecule has 2 unspecified atom stereocenters. The van der Waals surface area contributed by atoms with E-state index >= 15 is 0 Å². The molecule has 0 spiro atoms. The largest absolute Gasteiger partial charge is 0.385 e. The van der Waals surface area contributed by atoms with Gasteiger partial charge in [0.1, 0.15) is 5.82 Å². The zero-order valence-electron chi connectivity index (χ0n) is 10.5. The fourth-order valence-corrected chi connectivity index (χ4v) is 2.67. The normalized spacial score (nSPS) is 24.3. The van der Waals surface area contributed by atoms with Crippen LogP contribution in [-0.2, 0) is 0 Å². The van der Waals surface area contributed by atoms with E-state index in [9.17, 15) is 4.39 Å². The maximum atomic E-state index is 12.7. The maximum absolute atomic E-state index is 12.7. The Morgan fingerprint density at radius 3 is 2.65 bits per heavy atom. The van der Waals surface area contributed by atoms with Crippen LogP contribution in [0, 0.1) is 17.7 Å². The molecule has 17 heavy (non-hydrogen) atoms. The zero-order valence-corrected chi connectivity index (χ0v) is 10.5. The number of rotatable bonds is 3. The molecule has 0 fully saturated rings. The van der Waals surface area contributed by atoms with Crippen molar-refractivity contribution in [2.75, 3.05) is 11.9 Å². The van der Waals surface area contributed by atoms with Crippen LogP contribution in [-0.4, -0.2) is 6.54 Å². The van der Waals surface area contributed by atoms with Crippen LogP contribution in [0.25, 0.3) is 0 Å². The average Bonchev–Trinajstić information content (AvgIpc) is 2.27. The summed E-state index contributed by atoms with van der Waals surface area (Å²) in [5.41, 5.74) is 2.50. The lowest BCUT2D eigenvalue weighted by atomic mass is 9.84. The van der Waals surface area contributed by atoms with Crippen LogP contribution in [0.5, 0.6) is 0 Å². The van der Waals surface area contributed by atoms with Crippen molar-refractivity contribution in [3.8, 4) is 0 Å². The molecule has 1 aromatic rings. The van der Waals surface area contributed by atoms with Crippen molar-refractivity contribution < 1.29 is 4.39 Å². The Morgan fingerprint density at radius 2 is 2.00 bits per heavy atom. The molecule has 2 rings (SSSR count). The predicted molar refractivity (Wildman–Crippen MR) is 70.5 cm³/mol. The number of allylic oxidation sites excluding steroid dienone is 2. The van der Waals surface area contributed by atoms with Crippen molar-refractivity contribution >= 4 is 5.69 Å². The number of anilines is 1. The summed E-state index contributed by atoms with van der Waals surface area (Å²) in [6.45, 7) is 5.45. The second-order valence-corrected chi connectivity index (χ2v) is 5.18. The summed E-state index contributed by atoms with van der Waals surface area (Å²) in [5.74, 6) is 1.20. The van der Waals surface area contributed by atoms with Gasteiger partial charge in [-0.05, 0) is 55.9 Å². The van der Waals surface area contributed by atoms with Crippen LogP contribution in [0.4, 0.5) is 10.1 Å². The third-order valence-corrected chi connectivity index (χ3v) is 3.32. The highest BCUT2D eigenvalue weighted by Gasteiger charge is 2.17. The number of benzene rings is 1. The summed E-state index contributed by atoms with van der Waals surface area (Å²) in [4.78, 5) is 0. The fraction of sp³-hybridized carbons (Fsp3) is 0.467. The standard InChI is InChI=1S/C15H20FN/c1-11-7-12(2)9-13(8-11)10-17-15-5-3-14(16)4-6-15/h3-7,11,13,17H,8-10H2,1-2H3. The van der Waals surface area contributed by atoms with Gasteiger partial charge < -0.3 is 5.32 Å². The minimum absolute atomic E-state index is 0.180. The third-order valence-electron chi connectivity index (χ3n) is 3.32. The first-order chi connectivity index (χ1) is 8.13. The molecule has 1 N–H and O–H groups in total. The lowest BCUT2D eigenvalue weighted by molar-refractivity contribution is 0.421. The first kappa shape index (κ1) is 12.2. The molecule has 0 heterocycles. The van der Waals surface area contributed by atoms with Crippen molar-refractivity contribution in [1.82, 2.24) is 0 Å². The summed E-state index contributed by atoms with van der Waals surface area (Å²) in [7, 11) is 0. The van der Waals surface area contributed by atoms with E-state index in [-0.39, 0.29) is 5.82 Å². The first-order valence-corrected chi connectivity index (χ1v) is 6.30. The topological polar surface area (TPSA) is 12.0 Å². The van der Waals surface area contributed by atoms with E-state index in [2.05, 4.69) is 25.2 Å². The molecule has 0 aliphatic heterocycles. The molecule has 92 valence electrons. The van der Waals surface area contributed by atoms with E-state index in [4.69, 9.17) is 0 Å². The summed E-state index contributed by atoms with van der Waals surface area (Å²) >= 11 is 0. The smallest absolute Gasteiger partial charge is 0.123 e. The lowest BCUT2D eigenvalue weighted by Crippen LogP contribution is -2.20. The molecule has 0 radical (unpaired) electrons. The first-order valence-electron chi connectivity index (χ1n) is 6.30. The minimum atomic E-state index is -0.180. The monoisotopic (exact) mass is 233 g/mol. The number of hydrogen-bond acceptors (Lipinski definition) is 1. The quantitative estimate of drug-likeness (QED) is 0.770. The van der Waals surface area contributed by atoms with Gasteiger partial charge in [-0.15, -0.1) is 0 Å². The van der Waals surface area contributed by atoms with Gasteiger partial charge in [-0.3, -0.25) is 0 Å². The van der Waals surface area contributed by atoms with Crippen LogP contribution in [0.2, 0.25) is 0 Å². The highest BCUT2D eigenvalue weighted by Crippen LogP contribution is 2.27. The van der Waals surface area contributed by atoms with E-state index in [1.165, 1.54) is 30.5 Å². The summed E-state index contributed by atoms with van der Waals surface area (Å²) < 4.78 is 12.7. The summed E-state index contributed by atoms with van der Waals surface area (Å²) in [6.07, 6.45) is 4.79. The molecular weight excluding hydrogens is 213 g/mol. The van der Waals surface area contributed by atoms with Gasteiger partial charge in [-0.2, -0.15) is 0 Å². The van der Waals surface area contributed by atoms with Crippen LogP contribution >= 0.6 is 0 Å². The highest BCUT2D eigenvalue weighted by atomic mass is 19.1. The Morgan fingerprint density at radius 1 is 1.29 bits per heavy atom. The van der Waals surface area contributed by atoms with Gasteiger partial charge in [0.15, 0.2) is 0 Å². The molecule has 0 amide bonds. The molecule has 1 aromatic carbocycles. The molecule has 1 aliphatic rings. The van der Waals surface area contributed by atoms with Crippen LogP contribution < -0.4 is 5.32 Å². The second kappa shape index (κ2) is 5.35. The average molecular weight is 233 g/mol. The third kappa shape index (κ3) is 3.58. The van der Waals surface area contributed by atoms with Crippen LogP contribution in [0.15, 0.2) is 35.9 Å². The van der Waals surface area contributed by atoms with Gasteiger partial charge in [0.25, 0.3) is 0 Å². The Bertz CT molecular complexity index is 394. The molecular formula is C15H20FN. The van der Waals surface area contributed by atoms with Crippen molar-refractivity contribution in [3.05, 3.63) is 41.7 Å². The van der Waals surface area contributed by atoms with Gasteiger partial charge in [-0.1, -0.05) is 18.6 Å². The highest BCUT2D eigenvalue weighted by molar-refractivity contribution is 5.42. The van der Waals surface area contributed by atoms with Crippen molar-refractivity contribution in [2.45, 2.75) is 26.7 Å². The van der Waals surface area contributed by atoms with Crippen LogP contribution in [0.1, 0.15) is 26.7 Å². The van der Waals surface area contributed by atoms with Crippen molar-refractivity contribution in [1.29, 1.82) is 0 Å². The van der Waals surface area contributed by atoms with Gasteiger partial charge >= 0.3 is 0 Å². The second-order valence-electron chi connectivity index (χ2n) is 5.18. The van der Waals surface area contributed by atoms with Gasteiger partial charge in [0.2, 0.25) is 0 Å². The number of nitrogens with one attached hydrogen (secondary N) is 1. The van der Waals surface area contributed by atoms with Gasteiger partial charge in [0, 0.05) is 12.2 Å². The molecule has 0 saturated carbocycles. The van der Waals surface area contributed by atoms with Crippen molar-refractivity contribution in [3.63, 3.8) is 0 Å². The molecule has 1 aliphatic carbocycles. The Hall–Kier alpha value is -1.31.